The third-order valence-corrected chi connectivity index (χ3v) is 2.96. The number of benzene rings is 1. The van der Waals surface area contributed by atoms with Crippen LogP contribution < -0.4 is 5.73 Å². The Morgan fingerprint density at radius 3 is 2.65 bits per heavy atom. The van der Waals surface area contributed by atoms with Gasteiger partial charge in [-0.2, -0.15) is 0 Å². The lowest BCUT2D eigenvalue weighted by atomic mass is 10.2. The molecule has 0 amide bonds. The Morgan fingerprint density at radius 1 is 1.12 bits per heavy atom. The predicted molar refractivity (Wildman–Crippen MR) is 70.5 cm³/mol. The summed E-state index contributed by atoms with van der Waals surface area (Å²) in [6.07, 6.45) is 1.87. The predicted octanol–water partition coefficient (Wildman–Crippen LogP) is 2.74. The number of nitrogen functional groups attached to an aromatic ring is 1. The van der Waals surface area contributed by atoms with Crippen LogP contribution in [0.2, 0.25) is 0 Å². The number of anilines is 1. The molecule has 0 atom stereocenters. The molecular weight excluding hydrogens is 280 g/mol. The van der Waals surface area contributed by atoms with E-state index in [0.29, 0.717) is 5.82 Å². The van der Waals surface area contributed by atoms with Crippen molar-refractivity contribution in [3.05, 3.63) is 47.1 Å². The van der Waals surface area contributed by atoms with Crippen LogP contribution in [0.15, 0.2) is 47.1 Å². The van der Waals surface area contributed by atoms with Crippen LogP contribution in [0.1, 0.15) is 0 Å². The van der Waals surface area contributed by atoms with Gasteiger partial charge in [0, 0.05) is 21.9 Å². The molecule has 2 aromatic heterocycles. The zero-order valence-electron chi connectivity index (χ0n) is 8.84. The first-order chi connectivity index (χ1) is 8.22. The van der Waals surface area contributed by atoms with E-state index in [1.807, 2.05) is 42.6 Å². The maximum absolute atomic E-state index is 5.65. The van der Waals surface area contributed by atoms with E-state index >= 15 is 0 Å². The Hall–Kier alpha value is -1.88. The number of halogens is 1. The van der Waals surface area contributed by atoms with Crippen LogP contribution in [-0.4, -0.2) is 14.6 Å². The number of rotatable bonds is 1. The maximum Gasteiger partial charge on any atom is 0.182 e. The molecule has 0 aliphatic heterocycles. The first kappa shape index (κ1) is 10.3. The fourth-order valence-corrected chi connectivity index (χ4v) is 1.93. The summed E-state index contributed by atoms with van der Waals surface area (Å²) in [6, 6.07) is 11.4. The van der Waals surface area contributed by atoms with Crippen LogP contribution >= 0.6 is 15.9 Å². The third kappa shape index (κ3) is 1.89. The van der Waals surface area contributed by atoms with Gasteiger partial charge in [0.15, 0.2) is 11.5 Å². The van der Waals surface area contributed by atoms with Crippen LogP contribution in [0.25, 0.3) is 17.0 Å². The molecule has 0 radical (unpaired) electrons. The second kappa shape index (κ2) is 3.85. The molecule has 17 heavy (non-hydrogen) atoms. The van der Waals surface area contributed by atoms with Crippen LogP contribution in [0.3, 0.4) is 0 Å². The Labute approximate surface area is 106 Å². The minimum absolute atomic E-state index is 0.697. The summed E-state index contributed by atoms with van der Waals surface area (Å²) in [5.74, 6) is 0.697. The Morgan fingerprint density at radius 2 is 1.88 bits per heavy atom. The molecule has 0 aliphatic carbocycles. The van der Waals surface area contributed by atoms with Crippen LogP contribution in [0.5, 0.6) is 0 Å². The van der Waals surface area contributed by atoms with Crippen molar-refractivity contribution >= 4 is 27.3 Å². The van der Waals surface area contributed by atoms with Crippen molar-refractivity contribution in [3.63, 3.8) is 0 Å². The molecule has 0 unspecified atom stereocenters. The largest absolute Gasteiger partial charge is 0.399 e. The van der Waals surface area contributed by atoms with E-state index in [4.69, 9.17) is 5.73 Å². The molecule has 0 aliphatic rings. The normalized spacial score (nSPS) is 10.9. The van der Waals surface area contributed by atoms with Gasteiger partial charge >= 0.3 is 0 Å². The lowest BCUT2D eigenvalue weighted by Gasteiger charge is -1.94. The minimum atomic E-state index is 0.697. The molecule has 0 saturated carbocycles. The van der Waals surface area contributed by atoms with Crippen molar-refractivity contribution in [1.29, 1.82) is 0 Å². The number of pyridine rings is 1. The highest BCUT2D eigenvalue weighted by Crippen LogP contribution is 2.19. The molecule has 2 N–H and O–H groups in total. The molecule has 0 bridgehead atoms. The molecule has 4 nitrogen and oxygen atoms in total. The van der Waals surface area contributed by atoms with Crippen LogP contribution in [0.4, 0.5) is 5.69 Å². The average Bonchev–Trinajstić information content (AvgIpc) is 2.72. The molecule has 3 rings (SSSR count). The quantitative estimate of drug-likeness (QED) is 0.701. The van der Waals surface area contributed by atoms with E-state index in [1.54, 1.807) is 4.52 Å². The van der Waals surface area contributed by atoms with Gasteiger partial charge < -0.3 is 5.73 Å². The second-order valence-corrected chi connectivity index (χ2v) is 4.62. The third-order valence-electron chi connectivity index (χ3n) is 2.47. The molecule has 2 heterocycles. The van der Waals surface area contributed by atoms with Gasteiger partial charge in [0.05, 0.1) is 0 Å². The zero-order chi connectivity index (χ0) is 11.8. The highest BCUT2D eigenvalue weighted by atomic mass is 79.9. The number of nitrogens with zero attached hydrogens (tertiary/aromatic N) is 3. The fraction of sp³-hybridized carbons (Fsp3) is 0. The standard InChI is InChI=1S/C12H9BrN4/c13-9-5-6-17-11(7-9)15-12(16-17)8-1-3-10(14)4-2-8/h1-7H,14H2. The number of aromatic nitrogens is 3. The SMILES string of the molecule is Nc1ccc(-c2nc3cc(Br)ccn3n2)cc1. The number of hydrogen-bond donors (Lipinski definition) is 1. The minimum Gasteiger partial charge on any atom is -0.399 e. The zero-order valence-corrected chi connectivity index (χ0v) is 10.4. The van der Waals surface area contributed by atoms with E-state index in [9.17, 15) is 0 Å². The summed E-state index contributed by atoms with van der Waals surface area (Å²) in [6.45, 7) is 0. The van der Waals surface area contributed by atoms with Gasteiger partial charge in [0.2, 0.25) is 0 Å². The van der Waals surface area contributed by atoms with Gasteiger partial charge in [-0.25, -0.2) is 9.50 Å². The van der Waals surface area contributed by atoms with Gasteiger partial charge in [-0.3, -0.25) is 0 Å². The van der Waals surface area contributed by atoms with Crippen molar-refractivity contribution in [2.24, 2.45) is 0 Å². The van der Waals surface area contributed by atoms with Gasteiger partial charge in [0.1, 0.15) is 0 Å². The number of fused-ring (bicyclic) bond motifs is 1. The van der Waals surface area contributed by atoms with E-state index < -0.39 is 0 Å². The summed E-state index contributed by atoms with van der Waals surface area (Å²) in [4.78, 5) is 4.45. The highest BCUT2D eigenvalue weighted by molar-refractivity contribution is 9.10. The Balaban J connectivity index is 2.14. The molecule has 1 aromatic carbocycles. The maximum atomic E-state index is 5.65. The summed E-state index contributed by atoms with van der Waals surface area (Å²) >= 11 is 3.41. The topological polar surface area (TPSA) is 56.2 Å². The van der Waals surface area contributed by atoms with Gasteiger partial charge in [-0.05, 0) is 36.4 Å². The van der Waals surface area contributed by atoms with Gasteiger partial charge in [-0.1, -0.05) is 15.9 Å². The van der Waals surface area contributed by atoms with Gasteiger partial charge in [-0.15, -0.1) is 5.10 Å². The first-order valence-electron chi connectivity index (χ1n) is 5.10. The molecular formula is C12H9BrN4. The highest BCUT2D eigenvalue weighted by Gasteiger charge is 2.05. The number of hydrogen-bond acceptors (Lipinski definition) is 3. The Kier molecular flexibility index (Phi) is 2.33. The van der Waals surface area contributed by atoms with E-state index in [1.165, 1.54) is 0 Å². The van der Waals surface area contributed by atoms with Crippen molar-refractivity contribution < 1.29 is 0 Å². The smallest absolute Gasteiger partial charge is 0.182 e. The molecule has 3 aromatic rings. The summed E-state index contributed by atoms with van der Waals surface area (Å²) < 4.78 is 2.73. The molecule has 0 fully saturated rings. The van der Waals surface area contributed by atoms with Gasteiger partial charge in [0.25, 0.3) is 0 Å². The van der Waals surface area contributed by atoms with E-state index in [-0.39, 0.29) is 0 Å². The fourth-order valence-electron chi connectivity index (χ4n) is 1.61. The second-order valence-electron chi connectivity index (χ2n) is 3.71. The molecule has 0 spiro atoms. The summed E-state index contributed by atoms with van der Waals surface area (Å²) in [7, 11) is 0. The van der Waals surface area contributed by atoms with Crippen LogP contribution in [0, 0.1) is 0 Å². The van der Waals surface area contributed by atoms with E-state index in [0.717, 1.165) is 21.4 Å². The van der Waals surface area contributed by atoms with Crippen molar-refractivity contribution in [2.45, 2.75) is 0 Å². The monoisotopic (exact) mass is 288 g/mol. The first-order valence-corrected chi connectivity index (χ1v) is 5.89. The van der Waals surface area contributed by atoms with Crippen LogP contribution in [-0.2, 0) is 0 Å². The van der Waals surface area contributed by atoms with Crippen molar-refractivity contribution in [3.8, 4) is 11.4 Å². The van der Waals surface area contributed by atoms with Crippen molar-refractivity contribution in [2.75, 3.05) is 5.73 Å². The molecule has 5 heteroatoms. The molecule has 84 valence electrons. The molecule has 0 saturated heterocycles. The lowest BCUT2D eigenvalue weighted by molar-refractivity contribution is 0.964. The van der Waals surface area contributed by atoms with Crippen molar-refractivity contribution in [1.82, 2.24) is 14.6 Å². The number of nitrogens with two attached hydrogens (primary N) is 1. The average molecular weight is 289 g/mol. The Bertz CT molecular complexity index is 673. The summed E-state index contributed by atoms with van der Waals surface area (Å²) in [5, 5.41) is 4.40. The van der Waals surface area contributed by atoms with E-state index in [2.05, 4.69) is 26.0 Å². The summed E-state index contributed by atoms with van der Waals surface area (Å²) in [5.41, 5.74) is 8.15. The lowest BCUT2D eigenvalue weighted by Crippen LogP contribution is -1.87.